The van der Waals surface area contributed by atoms with E-state index >= 15 is 0 Å². The predicted molar refractivity (Wildman–Crippen MR) is 251 cm³/mol. The lowest BCUT2D eigenvalue weighted by atomic mass is 9.32. The molecule has 8 heteroatoms. The van der Waals surface area contributed by atoms with Gasteiger partial charge in [-0.1, -0.05) is 97.1 Å². The quantitative estimate of drug-likeness (QED) is 0.163. The molecule has 6 aliphatic heterocycles. The molecule has 0 aromatic heterocycles. The van der Waals surface area contributed by atoms with Crippen LogP contribution in [0.5, 0.6) is 46.0 Å². The van der Waals surface area contributed by atoms with Gasteiger partial charge in [-0.3, -0.25) is 0 Å². The number of fused-ring (bicyclic) bond motifs is 7. The molecular formula is C54H28B2N2O4. The van der Waals surface area contributed by atoms with Crippen LogP contribution < -0.4 is 61.5 Å². The molecule has 0 spiro atoms. The molecule has 0 bridgehead atoms. The van der Waals surface area contributed by atoms with Crippen molar-refractivity contribution in [3.63, 3.8) is 0 Å². The van der Waals surface area contributed by atoms with Gasteiger partial charge in [-0.05, 0) is 105 Å². The lowest BCUT2D eigenvalue weighted by Gasteiger charge is -2.46. The maximum absolute atomic E-state index is 7.30. The van der Waals surface area contributed by atoms with E-state index in [4.69, 9.17) is 18.9 Å². The number of anilines is 6. The van der Waals surface area contributed by atoms with Crippen LogP contribution in [0.25, 0.3) is 32.3 Å². The van der Waals surface area contributed by atoms with Crippen molar-refractivity contribution in [2.24, 2.45) is 0 Å². The largest absolute Gasteiger partial charge is 0.458 e. The fourth-order valence-corrected chi connectivity index (χ4v) is 11.7. The van der Waals surface area contributed by atoms with Gasteiger partial charge in [0.05, 0.1) is 11.4 Å². The van der Waals surface area contributed by atoms with Crippen molar-refractivity contribution >= 4 is 113 Å². The first-order valence-corrected chi connectivity index (χ1v) is 21.2. The monoisotopic (exact) mass is 790 g/mol. The summed E-state index contributed by atoms with van der Waals surface area (Å²) in [6.45, 7) is -0.251. The Morgan fingerprint density at radius 3 is 1.19 bits per heavy atom. The van der Waals surface area contributed by atoms with Crippen LogP contribution in [0.1, 0.15) is 0 Å². The molecule has 0 N–H and O–H groups in total. The van der Waals surface area contributed by atoms with Gasteiger partial charge in [0.25, 0.3) is 13.4 Å². The summed E-state index contributed by atoms with van der Waals surface area (Å²) >= 11 is 0. The average Bonchev–Trinajstić information content (AvgIpc) is 3.32. The van der Waals surface area contributed by atoms with Crippen molar-refractivity contribution in [2.45, 2.75) is 0 Å². The Bertz CT molecular complexity index is 3500. The molecule has 0 atom stereocenters. The van der Waals surface area contributed by atoms with Crippen molar-refractivity contribution < 1.29 is 18.9 Å². The Kier molecular flexibility index (Phi) is 5.63. The highest BCUT2D eigenvalue weighted by molar-refractivity contribution is 7.02. The van der Waals surface area contributed by atoms with Gasteiger partial charge in [0.2, 0.25) is 0 Å². The molecule has 10 aromatic carbocycles. The molecule has 6 aliphatic rings. The maximum Gasteiger partial charge on any atom is 0.266 e. The van der Waals surface area contributed by atoms with Gasteiger partial charge in [-0.25, -0.2) is 0 Å². The van der Waals surface area contributed by atoms with Crippen LogP contribution in [-0.4, -0.2) is 13.4 Å². The highest BCUT2D eigenvalue weighted by Crippen LogP contribution is 2.55. The van der Waals surface area contributed by atoms with Crippen molar-refractivity contribution in [1.29, 1.82) is 0 Å². The van der Waals surface area contributed by atoms with Crippen LogP contribution in [0.4, 0.5) is 34.1 Å². The SMILES string of the molecule is c1ccc(N2c3cccc4c3B3c5c(cc6ccccc6c5O4)Oc4cc5c6c7c(cc5c2c43)Oc2cc3ccccc3c3c2B7c2c(cccc2N6c2ccccc2)O3)cc1. The zero-order valence-corrected chi connectivity index (χ0v) is 32.8. The van der Waals surface area contributed by atoms with Crippen molar-refractivity contribution in [3.05, 3.63) is 170 Å². The molecular weight excluding hydrogens is 762 g/mol. The summed E-state index contributed by atoms with van der Waals surface area (Å²) in [5, 5.41) is 6.47. The molecule has 6 heterocycles. The molecule has 0 amide bonds. The van der Waals surface area contributed by atoms with Crippen LogP contribution in [0, 0.1) is 0 Å². The topological polar surface area (TPSA) is 43.4 Å². The molecule has 0 saturated carbocycles. The number of benzene rings is 10. The van der Waals surface area contributed by atoms with E-state index in [1.807, 2.05) is 0 Å². The van der Waals surface area contributed by atoms with Crippen LogP contribution in [-0.2, 0) is 0 Å². The number of nitrogens with zero attached hydrogens (tertiary/aromatic N) is 2. The van der Waals surface area contributed by atoms with Crippen molar-refractivity contribution in [2.75, 3.05) is 9.80 Å². The van der Waals surface area contributed by atoms with Crippen LogP contribution in [0.3, 0.4) is 0 Å². The molecule has 0 unspecified atom stereocenters. The van der Waals surface area contributed by atoms with Gasteiger partial charge >= 0.3 is 0 Å². The summed E-state index contributed by atoms with van der Waals surface area (Å²) in [6.07, 6.45) is 0. The molecule has 6 nitrogen and oxygen atoms in total. The lowest BCUT2D eigenvalue weighted by Crippen LogP contribution is -2.62. The highest BCUT2D eigenvalue weighted by Gasteiger charge is 2.52. The van der Waals surface area contributed by atoms with Crippen LogP contribution >= 0.6 is 0 Å². The fraction of sp³-hybridized carbons (Fsp3) is 0. The van der Waals surface area contributed by atoms with Gasteiger partial charge in [-0.2, -0.15) is 0 Å². The Balaban J connectivity index is 1.09. The molecule has 0 radical (unpaired) electrons. The molecule has 0 fully saturated rings. The summed E-state index contributed by atoms with van der Waals surface area (Å²) < 4.78 is 28.6. The second-order valence-electron chi connectivity index (χ2n) is 17.0. The number of hydrogen-bond donors (Lipinski definition) is 0. The van der Waals surface area contributed by atoms with E-state index < -0.39 is 0 Å². The maximum atomic E-state index is 7.30. The minimum absolute atomic E-state index is 0.125. The second kappa shape index (κ2) is 11.0. The lowest BCUT2D eigenvalue weighted by molar-refractivity contribution is 0.467. The smallest absolute Gasteiger partial charge is 0.266 e. The molecule has 10 aromatic rings. The first-order chi connectivity index (χ1) is 30.8. The summed E-state index contributed by atoms with van der Waals surface area (Å²) in [6, 6.07) is 60.4. The Hall–Kier alpha value is -8.09. The van der Waals surface area contributed by atoms with Crippen LogP contribution in [0.15, 0.2) is 170 Å². The zero-order chi connectivity index (χ0) is 39.9. The summed E-state index contributed by atoms with van der Waals surface area (Å²) in [4.78, 5) is 4.86. The molecule has 0 saturated heterocycles. The third-order valence-electron chi connectivity index (χ3n) is 14.0. The van der Waals surface area contributed by atoms with Gasteiger partial charge < -0.3 is 28.7 Å². The minimum Gasteiger partial charge on any atom is -0.458 e. The summed E-state index contributed by atoms with van der Waals surface area (Å²) in [5.41, 5.74) is 13.1. The fourth-order valence-electron chi connectivity index (χ4n) is 11.7. The number of ether oxygens (including phenoxy) is 4. The number of hydrogen-bond acceptors (Lipinski definition) is 6. The molecule has 16 rings (SSSR count). The van der Waals surface area contributed by atoms with E-state index in [0.717, 1.165) is 145 Å². The standard InChI is InChI=1S/C54H28B2N2O4/c1-3-15-31(16-4-1)57-37-21-11-23-39-45(37)55-47-43(59-41-25-29-13-7-9-19-33(29)53(61-39)49(41)55)28-36-35(51(47)57)27-44-48-52(36)58(32-17-5-2-6-18-32)38-22-12-24-40-46(38)56(48)50-42(60-44)26-30-14-8-10-20-34(30)54(50)62-40/h1-28H. The second-order valence-corrected chi connectivity index (χ2v) is 17.0. The zero-order valence-electron chi connectivity index (χ0n) is 32.8. The van der Waals surface area contributed by atoms with Crippen molar-refractivity contribution in [1.82, 2.24) is 0 Å². The highest BCUT2D eigenvalue weighted by atomic mass is 16.5. The van der Waals surface area contributed by atoms with Gasteiger partial charge in [-0.15, -0.1) is 0 Å². The van der Waals surface area contributed by atoms with Crippen molar-refractivity contribution in [3.8, 4) is 46.0 Å². The Morgan fingerprint density at radius 2 is 0.726 bits per heavy atom. The first-order valence-electron chi connectivity index (χ1n) is 21.2. The van der Waals surface area contributed by atoms with Gasteiger partial charge in [0.15, 0.2) is 0 Å². The van der Waals surface area contributed by atoms with E-state index in [1.54, 1.807) is 0 Å². The van der Waals surface area contributed by atoms with Crippen LogP contribution in [0.2, 0.25) is 0 Å². The Labute approximate surface area is 355 Å². The summed E-state index contributed by atoms with van der Waals surface area (Å²) in [7, 11) is 0. The minimum atomic E-state index is -0.125. The van der Waals surface area contributed by atoms with E-state index in [2.05, 4.69) is 180 Å². The van der Waals surface area contributed by atoms with E-state index in [0.29, 0.717) is 0 Å². The number of para-hydroxylation sites is 2. The molecule has 0 aliphatic carbocycles. The third kappa shape index (κ3) is 3.73. The molecule has 284 valence electrons. The van der Waals surface area contributed by atoms with E-state index in [9.17, 15) is 0 Å². The number of rotatable bonds is 2. The van der Waals surface area contributed by atoms with E-state index in [-0.39, 0.29) is 13.4 Å². The Morgan fingerprint density at radius 1 is 0.306 bits per heavy atom. The van der Waals surface area contributed by atoms with Gasteiger partial charge in [0.1, 0.15) is 46.0 Å². The van der Waals surface area contributed by atoms with Gasteiger partial charge in [0, 0.05) is 55.2 Å². The molecule has 62 heavy (non-hydrogen) atoms. The predicted octanol–water partition coefficient (Wildman–Crippen LogP) is 10.2. The average molecular weight is 790 g/mol. The third-order valence-corrected chi connectivity index (χ3v) is 14.0. The summed E-state index contributed by atoms with van der Waals surface area (Å²) in [5.74, 6) is 6.81. The first kappa shape index (κ1) is 31.8. The van der Waals surface area contributed by atoms with E-state index in [1.165, 1.54) is 0 Å². The normalized spacial score (nSPS) is 14.5.